The van der Waals surface area contributed by atoms with Crippen LogP contribution in [0.3, 0.4) is 0 Å². The normalized spacial score (nSPS) is 14.8. The van der Waals surface area contributed by atoms with Gasteiger partial charge in [-0.3, -0.25) is 14.5 Å². The van der Waals surface area contributed by atoms with Gasteiger partial charge in [0, 0.05) is 30.8 Å². The van der Waals surface area contributed by atoms with E-state index in [1.54, 1.807) is 24.1 Å². The number of nitrogens with one attached hydrogen (secondary N) is 1. The molecule has 6 nitrogen and oxygen atoms in total. The third kappa shape index (κ3) is 5.00. The van der Waals surface area contributed by atoms with Gasteiger partial charge >= 0.3 is 0 Å². The fraction of sp³-hybridized carbons (Fsp3) is 0.417. The van der Waals surface area contributed by atoms with Crippen molar-refractivity contribution < 1.29 is 14.3 Å². The summed E-state index contributed by atoms with van der Waals surface area (Å²) in [6.07, 6.45) is 1.48. The number of rotatable bonds is 9. The van der Waals surface area contributed by atoms with Crippen LogP contribution in [0.25, 0.3) is 0 Å². The zero-order chi connectivity index (χ0) is 21.5. The van der Waals surface area contributed by atoms with Crippen LogP contribution in [0.1, 0.15) is 48.7 Å². The Bertz CT molecular complexity index is 862. The number of anilines is 1. The van der Waals surface area contributed by atoms with Crippen LogP contribution in [0, 0.1) is 0 Å². The molecule has 160 valence electrons. The molecule has 1 saturated heterocycles. The second-order valence-electron chi connectivity index (χ2n) is 7.42. The highest BCUT2D eigenvalue weighted by Crippen LogP contribution is 2.24. The van der Waals surface area contributed by atoms with Crippen LogP contribution in [-0.4, -0.2) is 50.0 Å². The maximum atomic E-state index is 12.8. The van der Waals surface area contributed by atoms with Gasteiger partial charge in [-0.05, 0) is 61.5 Å². The summed E-state index contributed by atoms with van der Waals surface area (Å²) in [5.74, 6) is 0.838. The molecular formula is C24H31N3O3. The van der Waals surface area contributed by atoms with Gasteiger partial charge in [0.25, 0.3) is 5.91 Å². The quantitative estimate of drug-likeness (QED) is 0.687. The van der Waals surface area contributed by atoms with Crippen molar-refractivity contribution in [2.45, 2.75) is 32.7 Å². The first-order chi connectivity index (χ1) is 14.6. The summed E-state index contributed by atoms with van der Waals surface area (Å²) >= 11 is 0. The van der Waals surface area contributed by atoms with Gasteiger partial charge in [-0.2, -0.15) is 0 Å². The summed E-state index contributed by atoms with van der Waals surface area (Å²) in [7, 11) is 1.66. The van der Waals surface area contributed by atoms with Crippen molar-refractivity contribution in [2.75, 3.05) is 38.2 Å². The Morgan fingerprint density at radius 3 is 2.50 bits per heavy atom. The molecule has 0 saturated carbocycles. The summed E-state index contributed by atoms with van der Waals surface area (Å²) in [5.41, 5.74) is 2.56. The zero-order valence-electron chi connectivity index (χ0n) is 18.1. The summed E-state index contributed by atoms with van der Waals surface area (Å²) in [5, 5.41) is 3.08. The van der Waals surface area contributed by atoms with Crippen LogP contribution in [0.15, 0.2) is 48.5 Å². The molecule has 1 unspecified atom stereocenters. The number of carbonyl (C=O) groups excluding carboxylic acids is 2. The minimum Gasteiger partial charge on any atom is -0.497 e. The molecule has 0 bridgehead atoms. The Hall–Kier alpha value is -2.86. The Morgan fingerprint density at radius 1 is 1.17 bits per heavy atom. The van der Waals surface area contributed by atoms with Crippen LogP contribution in [0.2, 0.25) is 0 Å². The van der Waals surface area contributed by atoms with Gasteiger partial charge in [0.15, 0.2) is 0 Å². The fourth-order valence-corrected chi connectivity index (χ4v) is 3.98. The van der Waals surface area contributed by atoms with Gasteiger partial charge in [0.1, 0.15) is 5.75 Å². The first-order valence-corrected chi connectivity index (χ1v) is 10.6. The molecule has 1 fully saturated rings. The van der Waals surface area contributed by atoms with E-state index in [4.69, 9.17) is 4.74 Å². The molecule has 2 aromatic carbocycles. The van der Waals surface area contributed by atoms with Crippen molar-refractivity contribution in [2.24, 2.45) is 0 Å². The van der Waals surface area contributed by atoms with E-state index in [2.05, 4.69) is 30.1 Å². The fourth-order valence-electron chi connectivity index (χ4n) is 3.98. The van der Waals surface area contributed by atoms with Crippen molar-refractivity contribution in [3.8, 4) is 5.75 Å². The lowest BCUT2D eigenvalue weighted by Crippen LogP contribution is -2.38. The monoisotopic (exact) mass is 409 g/mol. The van der Waals surface area contributed by atoms with Crippen LogP contribution < -0.4 is 15.0 Å². The zero-order valence-corrected chi connectivity index (χ0v) is 18.1. The van der Waals surface area contributed by atoms with Gasteiger partial charge in [-0.25, -0.2) is 0 Å². The lowest BCUT2D eigenvalue weighted by atomic mass is 10.0. The van der Waals surface area contributed by atoms with Gasteiger partial charge in [0.2, 0.25) is 5.91 Å². The third-order valence-electron chi connectivity index (χ3n) is 5.70. The van der Waals surface area contributed by atoms with Crippen LogP contribution >= 0.6 is 0 Å². The van der Waals surface area contributed by atoms with E-state index in [-0.39, 0.29) is 17.9 Å². The second-order valence-corrected chi connectivity index (χ2v) is 7.42. The van der Waals surface area contributed by atoms with Crippen molar-refractivity contribution in [3.05, 3.63) is 59.7 Å². The average molecular weight is 410 g/mol. The number of hydrogen-bond acceptors (Lipinski definition) is 4. The molecule has 0 spiro atoms. The number of carbonyl (C=O) groups is 2. The molecule has 1 aliphatic rings. The molecule has 0 aromatic heterocycles. The minimum absolute atomic E-state index is 0.0561. The van der Waals surface area contributed by atoms with Crippen LogP contribution in [0.4, 0.5) is 5.69 Å². The summed E-state index contributed by atoms with van der Waals surface area (Å²) < 4.78 is 5.37. The Morgan fingerprint density at radius 2 is 1.90 bits per heavy atom. The topological polar surface area (TPSA) is 61.9 Å². The number of ether oxygens (including phenoxy) is 1. The smallest absolute Gasteiger partial charge is 0.251 e. The van der Waals surface area contributed by atoms with Crippen molar-refractivity contribution in [1.82, 2.24) is 10.2 Å². The summed E-state index contributed by atoms with van der Waals surface area (Å²) in [6.45, 7) is 7.25. The van der Waals surface area contributed by atoms with Gasteiger partial charge < -0.3 is 15.0 Å². The highest BCUT2D eigenvalue weighted by Gasteiger charge is 2.22. The SMILES string of the molecule is CCN(CC)C(CNC(=O)c1ccc(N2CCCC2=O)cc1)c1cccc(OC)c1. The Labute approximate surface area is 178 Å². The second kappa shape index (κ2) is 10.3. The molecule has 30 heavy (non-hydrogen) atoms. The third-order valence-corrected chi connectivity index (χ3v) is 5.70. The molecule has 2 aromatic rings. The average Bonchev–Trinajstić information content (AvgIpc) is 3.22. The maximum absolute atomic E-state index is 12.8. The van der Waals surface area contributed by atoms with Crippen LogP contribution in [0.5, 0.6) is 5.75 Å². The molecule has 2 amide bonds. The van der Waals surface area contributed by atoms with E-state index in [1.807, 2.05) is 30.3 Å². The van der Waals surface area contributed by atoms with Crippen molar-refractivity contribution >= 4 is 17.5 Å². The lowest BCUT2D eigenvalue weighted by Gasteiger charge is -2.30. The number of amides is 2. The molecule has 3 rings (SSSR count). The number of nitrogens with zero attached hydrogens (tertiary/aromatic N) is 2. The minimum atomic E-state index is -0.116. The maximum Gasteiger partial charge on any atom is 0.251 e. The standard InChI is InChI=1S/C24H31N3O3/c1-4-26(5-2)22(19-8-6-9-21(16-19)30-3)17-25-24(29)18-11-13-20(14-12-18)27-15-7-10-23(27)28/h6,8-9,11-14,16,22H,4-5,7,10,15,17H2,1-3H3,(H,25,29). The molecule has 1 atom stereocenters. The number of likely N-dealkylation sites (N-methyl/N-ethyl adjacent to an activating group) is 1. The molecule has 1 heterocycles. The Balaban J connectivity index is 1.69. The molecule has 0 radical (unpaired) electrons. The van der Waals surface area contributed by atoms with E-state index < -0.39 is 0 Å². The van der Waals surface area contributed by atoms with E-state index in [0.717, 1.165) is 43.1 Å². The van der Waals surface area contributed by atoms with E-state index in [0.29, 0.717) is 18.5 Å². The first-order valence-electron chi connectivity index (χ1n) is 10.6. The lowest BCUT2D eigenvalue weighted by molar-refractivity contribution is -0.117. The highest BCUT2D eigenvalue weighted by molar-refractivity contribution is 5.97. The first kappa shape index (κ1) is 21.8. The molecule has 1 aliphatic heterocycles. The summed E-state index contributed by atoms with van der Waals surface area (Å²) in [4.78, 5) is 28.8. The predicted octanol–water partition coefficient (Wildman–Crippen LogP) is 3.63. The van der Waals surface area contributed by atoms with Crippen LogP contribution in [-0.2, 0) is 4.79 Å². The number of hydrogen-bond donors (Lipinski definition) is 1. The van der Waals surface area contributed by atoms with Crippen molar-refractivity contribution in [1.29, 1.82) is 0 Å². The highest BCUT2D eigenvalue weighted by atomic mass is 16.5. The molecule has 1 N–H and O–H groups in total. The number of benzene rings is 2. The van der Waals surface area contributed by atoms with Gasteiger partial charge in [-0.1, -0.05) is 26.0 Å². The predicted molar refractivity (Wildman–Crippen MR) is 119 cm³/mol. The van der Waals surface area contributed by atoms with E-state index >= 15 is 0 Å². The molecule has 0 aliphatic carbocycles. The molecular weight excluding hydrogens is 378 g/mol. The Kier molecular flexibility index (Phi) is 7.46. The van der Waals surface area contributed by atoms with E-state index in [1.165, 1.54) is 0 Å². The summed E-state index contributed by atoms with van der Waals surface area (Å²) in [6, 6.07) is 15.3. The molecule has 6 heteroatoms. The van der Waals surface area contributed by atoms with Gasteiger partial charge in [0.05, 0.1) is 13.2 Å². The van der Waals surface area contributed by atoms with E-state index in [9.17, 15) is 9.59 Å². The number of methoxy groups -OCH3 is 1. The van der Waals surface area contributed by atoms with Crippen molar-refractivity contribution in [3.63, 3.8) is 0 Å². The van der Waals surface area contributed by atoms with Gasteiger partial charge in [-0.15, -0.1) is 0 Å². The largest absolute Gasteiger partial charge is 0.497 e.